The number of carboxylic acid groups (broad SMARTS) is 1. The first-order valence-corrected chi connectivity index (χ1v) is 17.2. The van der Waals surface area contributed by atoms with Crippen LogP contribution in [0.4, 0.5) is 0 Å². The van der Waals surface area contributed by atoms with Gasteiger partial charge in [0.2, 0.25) is 0 Å². The number of esters is 1. The molecule has 0 unspecified atom stereocenters. The van der Waals surface area contributed by atoms with E-state index in [4.69, 9.17) is 33.6 Å². The minimum absolute atomic E-state index is 0.0830. The first-order valence-electron chi connectivity index (χ1n) is 17.2. The number of benzene rings is 3. The maximum atomic E-state index is 12.2. The Kier molecular flexibility index (Phi) is 28.4. The second-order valence-corrected chi connectivity index (χ2v) is 11.2. The van der Waals surface area contributed by atoms with Crippen LogP contribution in [0, 0.1) is 6.92 Å². The quantitative estimate of drug-likeness (QED) is 0.0216. The summed E-state index contributed by atoms with van der Waals surface area (Å²) in [5.74, 6) is 1.53. The largest absolute Gasteiger partial charge is 0.494 e. The summed E-state index contributed by atoms with van der Waals surface area (Å²) in [4.78, 5) is 51.7. The van der Waals surface area contributed by atoms with Crippen molar-refractivity contribution in [2.45, 2.75) is 71.6 Å². The number of ketones is 1. The minimum Gasteiger partial charge on any atom is -0.494 e. The number of carbonyl (C=O) groups excluding carboxylic acids is 4. The second kappa shape index (κ2) is 31.6. The SMILES string of the molecule is C=CC=O.C=CCCCCCCOc1ccc(C(=O)Oc2ccc(C)c(C=O)c2)cc1.COCCCCCCOc1ccc(C(C)=O)cc1.O=CO. The molecule has 0 radical (unpaired) electrons. The van der Waals surface area contributed by atoms with Crippen LogP contribution in [0.3, 0.4) is 0 Å². The van der Waals surface area contributed by atoms with Gasteiger partial charge < -0.3 is 24.1 Å². The molecule has 0 heterocycles. The van der Waals surface area contributed by atoms with Gasteiger partial charge in [-0.3, -0.25) is 19.2 Å². The first kappa shape index (κ1) is 46.6. The molecule has 1 N–H and O–H groups in total. The van der Waals surface area contributed by atoms with E-state index in [0.717, 1.165) is 80.7 Å². The number of ether oxygens (including phenoxy) is 4. The zero-order valence-electron chi connectivity index (χ0n) is 30.8. The summed E-state index contributed by atoms with van der Waals surface area (Å²) in [6, 6.07) is 19.2. The number of hydrogen-bond acceptors (Lipinski definition) is 9. The van der Waals surface area contributed by atoms with E-state index in [2.05, 4.69) is 13.2 Å². The third kappa shape index (κ3) is 23.1. The lowest BCUT2D eigenvalue weighted by Crippen LogP contribution is -2.09. The molecule has 282 valence electrons. The van der Waals surface area contributed by atoms with Gasteiger partial charge in [0.05, 0.1) is 18.8 Å². The standard InChI is InChI=1S/C23H26O4.C15H22O3.C3H4O.CH2O2/c1-3-4-5-6-7-8-15-26-21-13-10-19(11-14-21)23(25)27-22-12-9-18(2)20(16-22)17-24;1-13(16)14-7-9-15(10-8-14)18-12-6-4-3-5-11-17-2;1-2-3-4;2-1-3/h3,9-14,16-17H,1,4-8,15H2,2H3;7-10H,3-6,11-12H2,1-2H3;2-3H,1H2;1H,(H,2,3). The molecule has 10 heteroatoms. The Bertz CT molecular complexity index is 1440. The van der Waals surface area contributed by atoms with E-state index in [9.17, 15) is 14.4 Å². The van der Waals surface area contributed by atoms with Crippen LogP contribution in [-0.4, -0.2) is 62.8 Å². The molecule has 0 aliphatic heterocycles. The Morgan fingerprint density at radius 3 is 1.60 bits per heavy atom. The molecule has 3 rings (SSSR count). The molecule has 0 spiro atoms. The maximum Gasteiger partial charge on any atom is 0.343 e. The fraction of sp³-hybridized carbons (Fsp3) is 0.357. The van der Waals surface area contributed by atoms with E-state index < -0.39 is 5.97 Å². The van der Waals surface area contributed by atoms with Gasteiger partial charge in [-0.25, -0.2) is 4.79 Å². The Morgan fingerprint density at radius 2 is 1.15 bits per heavy atom. The third-order valence-corrected chi connectivity index (χ3v) is 7.12. The van der Waals surface area contributed by atoms with Crippen molar-refractivity contribution in [3.05, 3.63) is 114 Å². The van der Waals surface area contributed by atoms with Crippen molar-refractivity contribution < 1.29 is 48.0 Å². The van der Waals surface area contributed by atoms with Gasteiger partial charge in [0, 0.05) is 24.8 Å². The van der Waals surface area contributed by atoms with Gasteiger partial charge in [0.15, 0.2) is 5.78 Å². The lowest BCUT2D eigenvalue weighted by atomic mass is 10.1. The van der Waals surface area contributed by atoms with Gasteiger partial charge in [-0.2, -0.15) is 0 Å². The van der Waals surface area contributed by atoms with E-state index in [1.54, 1.807) is 68.6 Å². The summed E-state index contributed by atoms with van der Waals surface area (Å²) in [5, 5.41) is 6.89. The van der Waals surface area contributed by atoms with Crippen LogP contribution in [0.25, 0.3) is 0 Å². The fourth-order valence-electron chi connectivity index (χ4n) is 4.27. The maximum absolute atomic E-state index is 12.2. The van der Waals surface area contributed by atoms with Crippen LogP contribution in [0.1, 0.15) is 101 Å². The van der Waals surface area contributed by atoms with Crippen molar-refractivity contribution in [2.24, 2.45) is 0 Å². The normalized spacial score (nSPS) is 9.52. The van der Waals surface area contributed by atoms with Gasteiger partial charge in [-0.1, -0.05) is 38.0 Å². The van der Waals surface area contributed by atoms with E-state index in [1.807, 2.05) is 25.1 Å². The third-order valence-electron chi connectivity index (χ3n) is 7.12. The molecule has 0 aromatic heterocycles. The van der Waals surface area contributed by atoms with Crippen molar-refractivity contribution in [3.63, 3.8) is 0 Å². The first-order chi connectivity index (χ1) is 25.2. The molecule has 0 fully saturated rings. The molecule has 0 saturated carbocycles. The number of hydrogen-bond donors (Lipinski definition) is 1. The number of aryl methyl sites for hydroxylation is 1. The predicted octanol–water partition coefficient (Wildman–Crippen LogP) is 9.09. The van der Waals surface area contributed by atoms with Crippen molar-refractivity contribution in [2.75, 3.05) is 26.9 Å². The second-order valence-electron chi connectivity index (χ2n) is 11.2. The molecule has 52 heavy (non-hydrogen) atoms. The topological polar surface area (TPSA) is 142 Å². The number of unbranched alkanes of at least 4 members (excludes halogenated alkanes) is 7. The number of aldehydes is 2. The van der Waals surface area contributed by atoms with Gasteiger partial charge >= 0.3 is 5.97 Å². The van der Waals surface area contributed by atoms with Gasteiger partial charge in [-0.15, -0.1) is 6.58 Å². The zero-order chi connectivity index (χ0) is 38.8. The summed E-state index contributed by atoms with van der Waals surface area (Å²) >= 11 is 0. The van der Waals surface area contributed by atoms with E-state index in [1.165, 1.54) is 25.3 Å². The van der Waals surface area contributed by atoms with E-state index in [-0.39, 0.29) is 12.3 Å². The minimum atomic E-state index is -0.468. The van der Waals surface area contributed by atoms with Crippen molar-refractivity contribution in [1.82, 2.24) is 0 Å². The average molecular weight is 719 g/mol. The highest BCUT2D eigenvalue weighted by Gasteiger charge is 2.10. The highest BCUT2D eigenvalue weighted by atomic mass is 16.5. The molecule has 0 amide bonds. The Balaban J connectivity index is 0.000000894. The predicted molar refractivity (Wildman–Crippen MR) is 204 cm³/mol. The number of methoxy groups -OCH3 is 1. The number of Topliss-reactive ketones (excluding diaryl/α,β-unsaturated/α-hetero) is 1. The highest BCUT2D eigenvalue weighted by molar-refractivity contribution is 5.94. The Labute approximate surface area is 308 Å². The Morgan fingerprint density at radius 1 is 0.692 bits per heavy atom. The smallest absolute Gasteiger partial charge is 0.343 e. The van der Waals surface area contributed by atoms with Gasteiger partial charge in [0.1, 0.15) is 29.8 Å². The highest BCUT2D eigenvalue weighted by Crippen LogP contribution is 2.19. The number of rotatable bonds is 21. The van der Waals surface area contributed by atoms with Gasteiger partial charge in [0.25, 0.3) is 6.47 Å². The van der Waals surface area contributed by atoms with Crippen LogP contribution >= 0.6 is 0 Å². The van der Waals surface area contributed by atoms with E-state index in [0.29, 0.717) is 29.8 Å². The monoisotopic (exact) mass is 718 g/mol. The summed E-state index contributed by atoms with van der Waals surface area (Å²) in [5.41, 5.74) is 2.50. The number of allylic oxidation sites excluding steroid dienone is 2. The van der Waals surface area contributed by atoms with Crippen LogP contribution < -0.4 is 14.2 Å². The zero-order valence-corrected chi connectivity index (χ0v) is 30.8. The molecule has 0 atom stereocenters. The van der Waals surface area contributed by atoms with Crippen molar-refractivity contribution in [1.29, 1.82) is 0 Å². The molecule has 0 bridgehead atoms. The molecule has 0 aliphatic rings. The molecular formula is C42H54O10. The molecule has 3 aromatic carbocycles. The lowest BCUT2D eigenvalue weighted by molar-refractivity contribution is -0.122. The van der Waals surface area contributed by atoms with Crippen LogP contribution in [0.2, 0.25) is 0 Å². The summed E-state index contributed by atoms with van der Waals surface area (Å²) in [6.45, 7) is 12.2. The number of carbonyl (C=O) groups is 5. The van der Waals surface area contributed by atoms with Crippen molar-refractivity contribution >= 4 is 30.8 Å². The Hall–Kier alpha value is -5.35. The molecule has 0 saturated heterocycles. The molecular weight excluding hydrogens is 664 g/mol. The van der Waals surface area contributed by atoms with Crippen LogP contribution in [0.5, 0.6) is 17.2 Å². The van der Waals surface area contributed by atoms with Crippen LogP contribution in [-0.2, 0) is 14.3 Å². The lowest BCUT2D eigenvalue weighted by Gasteiger charge is -2.08. The summed E-state index contributed by atoms with van der Waals surface area (Å²) in [7, 11) is 1.73. The molecule has 10 nitrogen and oxygen atoms in total. The van der Waals surface area contributed by atoms with Crippen LogP contribution in [0.15, 0.2) is 92.0 Å². The summed E-state index contributed by atoms with van der Waals surface area (Å²) < 4.78 is 21.6. The molecule has 3 aromatic rings. The van der Waals surface area contributed by atoms with Crippen molar-refractivity contribution in [3.8, 4) is 17.2 Å². The summed E-state index contributed by atoms with van der Waals surface area (Å²) in [6.07, 6.45) is 14.6. The van der Waals surface area contributed by atoms with Gasteiger partial charge in [-0.05, 0) is 125 Å². The van der Waals surface area contributed by atoms with E-state index >= 15 is 0 Å². The fourth-order valence-corrected chi connectivity index (χ4v) is 4.27. The average Bonchev–Trinajstić information content (AvgIpc) is 3.16. The molecule has 0 aliphatic carbocycles.